The van der Waals surface area contributed by atoms with E-state index < -0.39 is 0 Å². The number of rotatable bonds is 1. The van der Waals surface area contributed by atoms with Crippen LogP contribution in [0.25, 0.3) is 0 Å². The van der Waals surface area contributed by atoms with Crippen LogP contribution in [0.1, 0.15) is 11.1 Å². The second-order valence-corrected chi connectivity index (χ2v) is 2.55. The van der Waals surface area contributed by atoms with Crippen molar-refractivity contribution in [3.05, 3.63) is 42.0 Å². The molecular weight excluding hydrogens is 148 g/mol. The van der Waals surface area contributed by atoms with E-state index in [1.165, 1.54) is 11.1 Å². The van der Waals surface area contributed by atoms with Gasteiger partial charge in [-0.15, -0.1) is 0 Å². The molecule has 1 nitrogen and oxygen atoms in total. The Morgan fingerprint density at radius 2 is 2.17 bits per heavy atom. The van der Waals surface area contributed by atoms with E-state index in [-0.39, 0.29) is 0 Å². The van der Waals surface area contributed by atoms with Crippen molar-refractivity contribution in [3.8, 4) is 11.8 Å². The molecule has 0 amide bonds. The second-order valence-electron chi connectivity index (χ2n) is 2.55. The van der Waals surface area contributed by atoms with Crippen LogP contribution in [0.3, 0.4) is 0 Å². The van der Waals surface area contributed by atoms with E-state index in [1.807, 2.05) is 18.2 Å². The molecule has 1 aromatic carbocycles. The summed E-state index contributed by atoms with van der Waals surface area (Å²) in [6.45, 7) is 2.93. The summed E-state index contributed by atoms with van der Waals surface area (Å²) in [7, 11) is 0. The molecule has 0 aromatic heterocycles. The summed E-state index contributed by atoms with van der Waals surface area (Å²) >= 11 is 0. The van der Waals surface area contributed by atoms with Gasteiger partial charge in [0.2, 0.25) is 0 Å². The predicted octanol–water partition coefficient (Wildman–Crippen LogP) is 2.08. The van der Waals surface area contributed by atoms with Crippen molar-refractivity contribution < 1.29 is 5.11 Å². The van der Waals surface area contributed by atoms with Gasteiger partial charge in [-0.05, 0) is 18.1 Å². The van der Waals surface area contributed by atoms with Crippen LogP contribution < -0.4 is 0 Å². The maximum Gasteiger partial charge on any atom is 0.151 e. The van der Waals surface area contributed by atoms with Crippen LogP contribution in [0.15, 0.2) is 24.3 Å². The average Bonchev–Trinajstić information content (AvgIpc) is 2.09. The SMILES string of the molecule is Cc1ccccc1CC#C[CH]O. The number of aryl methyl sites for hydroxylation is 1. The van der Waals surface area contributed by atoms with Crippen molar-refractivity contribution >= 4 is 0 Å². The summed E-state index contributed by atoms with van der Waals surface area (Å²) in [5.41, 5.74) is 2.46. The van der Waals surface area contributed by atoms with Crippen molar-refractivity contribution in [2.45, 2.75) is 13.3 Å². The topological polar surface area (TPSA) is 20.2 Å². The third kappa shape index (κ3) is 2.41. The first kappa shape index (κ1) is 8.83. The Hall–Kier alpha value is -1.26. The monoisotopic (exact) mass is 159 g/mol. The van der Waals surface area contributed by atoms with E-state index >= 15 is 0 Å². The van der Waals surface area contributed by atoms with Crippen molar-refractivity contribution in [2.24, 2.45) is 0 Å². The molecule has 1 N–H and O–H groups in total. The first-order valence-electron chi connectivity index (χ1n) is 3.83. The highest BCUT2D eigenvalue weighted by atomic mass is 16.2. The minimum Gasteiger partial charge on any atom is -0.377 e. The molecule has 61 valence electrons. The van der Waals surface area contributed by atoms with Crippen LogP contribution in [-0.2, 0) is 6.42 Å². The van der Waals surface area contributed by atoms with Gasteiger partial charge in [0, 0.05) is 6.42 Å². The van der Waals surface area contributed by atoms with Gasteiger partial charge in [-0.3, -0.25) is 0 Å². The highest BCUT2D eigenvalue weighted by Crippen LogP contribution is 2.06. The van der Waals surface area contributed by atoms with Crippen LogP contribution in [0.4, 0.5) is 0 Å². The van der Waals surface area contributed by atoms with Crippen molar-refractivity contribution in [1.82, 2.24) is 0 Å². The largest absolute Gasteiger partial charge is 0.377 e. The normalized spacial score (nSPS) is 8.83. The zero-order valence-electron chi connectivity index (χ0n) is 7.04. The molecule has 0 heterocycles. The van der Waals surface area contributed by atoms with Crippen LogP contribution in [0.2, 0.25) is 0 Å². The Balaban J connectivity index is 2.69. The number of benzene rings is 1. The average molecular weight is 159 g/mol. The van der Waals surface area contributed by atoms with Crippen molar-refractivity contribution in [3.63, 3.8) is 0 Å². The van der Waals surface area contributed by atoms with E-state index in [1.54, 1.807) is 0 Å². The molecule has 1 aromatic rings. The minimum atomic E-state index is 0.698. The lowest BCUT2D eigenvalue weighted by molar-refractivity contribution is 0.427. The smallest absolute Gasteiger partial charge is 0.151 e. The number of hydrogen-bond acceptors (Lipinski definition) is 1. The molecule has 0 fully saturated rings. The fraction of sp³-hybridized carbons (Fsp3) is 0.182. The zero-order valence-corrected chi connectivity index (χ0v) is 7.04. The van der Waals surface area contributed by atoms with Gasteiger partial charge in [0.15, 0.2) is 6.61 Å². The van der Waals surface area contributed by atoms with E-state index in [2.05, 4.69) is 24.8 Å². The summed E-state index contributed by atoms with van der Waals surface area (Å²) in [5.74, 6) is 5.34. The number of aliphatic hydroxyl groups excluding tert-OH is 1. The summed E-state index contributed by atoms with van der Waals surface area (Å²) in [6.07, 6.45) is 0.698. The highest BCUT2D eigenvalue weighted by Gasteiger charge is 1.91. The van der Waals surface area contributed by atoms with E-state index in [9.17, 15) is 0 Å². The van der Waals surface area contributed by atoms with Crippen LogP contribution in [0, 0.1) is 25.4 Å². The molecule has 0 aliphatic rings. The third-order valence-corrected chi connectivity index (χ3v) is 1.71. The maximum atomic E-state index is 8.31. The van der Waals surface area contributed by atoms with Gasteiger partial charge >= 0.3 is 0 Å². The number of aliphatic hydroxyl groups is 1. The molecule has 0 atom stereocenters. The van der Waals surface area contributed by atoms with Crippen LogP contribution in [0.5, 0.6) is 0 Å². The fourth-order valence-electron chi connectivity index (χ4n) is 1.00. The molecule has 0 unspecified atom stereocenters. The Morgan fingerprint density at radius 3 is 2.83 bits per heavy atom. The van der Waals surface area contributed by atoms with Crippen molar-refractivity contribution in [2.75, 3.05) is 0 Å². The first-order valence-corrected chi connectivity index (χ1v) is 3.83. The minimum absolute atomic E-state index is 0.698. The summed E-state index contributed by atoms with van der Waals surface area (Å²) in [6, 6.07) is 8.10. The quantitative estimate of drug-likeness (QED) is 0.622. The molecule has 0 bridgehead atoms. The van der Waals surface area contributed by atoms with E-state index in [0.717, 1.165) is 6.61 Å². The Bertz CT molecular complexity index is 304. The summed E-state index contributed by atoms with van der Waals surface area (Å²) < 4.78 is 0. The van der Waals surface area contributed by atoms with Gasteiger partial charge in [0.1, 0.15) is 0 Å². The van der Waals surface area contributed by atoms with Crippen LogP contribution in [-0.4, -0.2) is 5.11 Å². The van der Waals surface area contributed by atoms with Gasteiger partial charge < -0.3 is 5.11 Å². The maximum absolute atomic E-state index is 8.31. The molecule has 0 aliphatic carbocycles. The molecule has 0 spiro atoms. The zero-order chi connectivity index (χ0) is 8.81. The van der Waals surface area contributed by atoms with Gasteiger partial charge in [-0.1, -0.05) is 36.1 Å². The Morgan fingerprint density at radius 1 is 1.42 bits per heavy atom. The Labute approximate surface area is 73.0 Å². The molecule has 0 saturated carbocycles. The van der Waals surface area contributed by atoms with Gasteiger partial charge in [0.25, 0.3) is 0 Å². The highest BCUT2D eigenvalue weighted by molar-refractivity contribution is 5.29. The third-order valence-electron chi connectivity index (χ3n) is 1.71. The number of hydrogen-bond donors (Lipinski definition) is 1. The standard InChI is InChI=1S/C11H11O/c1-10-6-2-3-7-11(10)8-4-5-9-12/h2-3,6-7,9,12H,8H2,1H3. The molecular formula is C11H11O. The Kier molecular flexibility index (Phi) is 3.37. The molecule has 12 heavy (non-hydrogen) atoms. The second kappa shape index (κ2) is 4.58. The van der Waals surface area contributed by atoms with Gasteiger partial charge in [0.05, 0.1) is 0 Å². The molecule has 1 rings (SSSR count). The lowest BCUT2D eigenvalue weighted by atomic mass is 10.1. The van der Waals surface area contributed by atoms with Crippen LogP contribution >= 0.6 is 0 Å². The fourth-order valence-corrected chi connectivity index (χ4v) is 1.00. The van der Waals surface area contributed by atoms with E-state index in [0.29, 0.717) is 6.42 Å². The molecule has 0 aliphatic heterocycles. The molecule has 1 radical (unpaired) electrons. The lowest BCUT2D eigenvalue weighted by Gasteiger charge is -1.98. The summed E-state index contributed by atoms with van der Waals surface area (Å²) in [5, 5.41) is 8.31. The van der Waals surface area contributed by atoms with Gasteiger partial charge in [-0.2, -0.15) is 0 Å². The van der Waals surface area contributed by atoms with Crippen molar-refractivity contribution in [1.29, 1.82) is 0 Å². The molecule has 1 heteroatoms. The predicted molar refractivity (Wildman–Crippen MR) is 48.9 cm³/mol. The van der Waals surface area contributed by atoms with Gasteiger partial charge in [-0.25, -0.2) is 0 Å². The lowest BCUT2D eigenvalue weighted by Crippen LogP contribution is -1.85. The van der Waals surface area contributed by atoms with E-state index in [4.69, 9.17) is 5.11 Å². The molecule has 0 saturated heterocycles. The summed E-state index contributed by atoms with van der Waals surface area (Å²) in [4.78, 5) is 0. The first-order chi connectivity index (χ1) is 5.84.